The molecule has 0 saturated carbocycles. The largest absolute Gasteiger partial charge is 0.450 e. The summed E-state index contributed by atoms with van der Waals surface area (Å²) >= 11 is 6.21. The summed E-state index contributed by atoms with van der Waals surface area (Å²) in [6, 6.07) is 8.36. The molecular formula is C22H19ClFNO4. The maximum atomic E-state index is 13.5. The van der Waals surface area contributed by atoms with Crippen LogP contribution in [-0.2, 0) is 4.74 Å². The molecule has 2 heterocycles. The fraction of sp³-hybridized carbons (Fsp3) is 0.273. The van der Waals surface area contributed by atoms with Crippen molar-refractivity contribution in [1.82, 2.24) is 4.90 Å². The first kappa shape index (κ1) is 19.6. The van der Waals surface area contributed by atoms with Gasteiger partial charge in [0.2, 0.25) is 5.76 Å². The van der Waals surface area contributed by atoms with Crippen LogP contribution in [0.4, 0.5) is 4.39 Å². The Morgan fingerprint density at radius 3 is 2.62 bits per heavy atom. The van der Waals surface area contributed by atoms with Crippen LogP contribution in [0, 0.1) is 12.7 Å². The van der Waals surface area contributed by atoms with Gasteiger partial charge in [-0.1, -0.05) is 23.7 Å². The quantitative estimate of drug-likeness (QED) is 0.577. The summed E-state index contributed by atoms with van der Waals surface area (Å²) in [6.07, 6.45) is 0.590. The molecule has 0 spiro atoms. The van der Waals surface area contributed by atoms with Crippen LogP contribution in [0.2, 0.25) is 5.02 Å². The van der Waals surface area contributed by atoms with E-state index in [0.717, 1.165) is 5.56 Å². The lowest BCUT2D eigenvalue weighted by atomic mass is 9.98. The number of fused-ring (bicyclic) bond motifs is 2. The molecule has 0 N–H and O–H groups in total. The number of hydrogen-bond donors (Lipinski definition) is 0. The molecule has 0 bridgehead atoms. The number of halogens is 2. The molecule has 3 aromatic rings. The van der Waals surface area contributed by atoms with Gasteiger partial charge in [-0.25, -0.2) is 4.39 Å². The first-order valence-corrected chi connectivity index (χ1v) is 9.62. The Hall–Kier alpha value is -2.70. The average molecular weight is 416 g/mol. The smallest absolute Gasteiger partial charge is 0.290 e. The van der Waals surface area contributed by atoms with E-state index in [1.807, 2.05) is 0 Å². The summed E-state index contributed by atoms with van der Waals surface area (Å²) < 4.78 is 24.5. The first-order valence-electron chi connectivity index (χ1n) is 9.24. The number of benzene rings is 2. The van der Waals surface area contributed by atoms with Crippen LogP contribution in [0.25, 0.3) is 11.0 Å². The molecule has 1 aliphatic rings. The van der Waals surface area contributed by atoms with Crippen LogP contribution in [0.3, 0.4) is 0 Å². The van der Waals surface area contributed by atoms with E-state index in [1.54, 1.807) is 43.2 Å². The van der Waals surface area contributed by atoms with Crippen molar-refractivity contribution in [3.8, 4) is 0 Å². The summed E-state index contributed by atoms with van der Waals surface area (Å²) in [5.41, 5.74) is 1.66. The molecule has 1 atom stereocenters. The molecule has 4 rings (SSSR count). The fourth-order valence-electron chi connectivity index (χ4n) is 3.74. The molecule has 1 aliphatic heterocycles. The van der Waals surface area contributed by atoms with Crippen molar-refractivity contribution in [3.05, 3.63) is 79.9 Å². The topological polar surface area (TPSA) is 59.8 Å². The molecule has 7 heteroatoms. The van der Waals surface area contributed by atoms with Gasteiger partial charge in [0.05, 0.1) is 17.0 Å². The molecule has 1 unspecified atom stereocenters. The van der Waals surface area contributed by atoms with E-state index < -0.39 is 11.9 Å². The molecule has 1 amide bonds. The number of carbonyl (C=O) groups excluding carboxylic acids is 1. The lowest BCUT2D eigenvalue weighted by molar-refractivity contribution is 0.0708. The molecule has 2 aromatic carbocycles. The van der Waals surface area contributed by atoms with E-state index in [0.29, 0.717) is 41.1 Å². The SMILES string of the molecule is COCCCN1C(=O)c2oc3cc(C)c(Cl)cc3c(=O)c2C1c1ccc(F)cc1. The van der Waals surface area contributed by atoms with Crippen molar-refractivity contribution < 1.29 is 18.3 Å². The van der Waals surface area contributed by atoms with E-state index >= 15 is 0 Å². The molecule has 0 radical (unpaired) electrons. The zero-order chi connectivity index (χ0) is 20.7. The number of hydrogen-bond acceptors (Lipinski definition) is 4. The third kappa shape index (κ3) is 3.32. The van der Waals surface area contributed by atoms with Crippen LogP contribution in [-0.4, -0.2) is 31.1 Å². The Balaban J connectivity index is 1.93. The van der Waals surface area contributed by atoms with Gasteiger partial charge in [-0.3, -0.25) is 9.59 Å². The Bertz CT molecular complexity index is 1160. The lowest BCUT2D eigenvalue weighted by Gasteiger charge is -2.25. The van der Waals surface area contributed by atoms with Crippen LogP contribution in [0.1, 0.15) is 39.7 Å². The number of aryl methyl sites for hydroxylation is 1. The molecule has 1 aromatic heterocycles. The second-order valence-electron chi connectivity index (χ2n) is 7.07. The Morgan fingerprint density at radius 2 is 1.93 bits per heavy atom. The van der Waals surface area contributed by atoms with Crippen molar-refractivity contribution >= 4 is 28.5 Å². The van der Waals surface area contributed by atoms with Crippen molar-refractivity contribution in [1.29, 1.82) is 0 Å². The molecular weight excluding hydrogens is 397 g/mol. The van der Waals surface area contributed by atoms with E-state index in [-0.39, 0.29) is 22.7 Å². The number of ether oxygens (including phenoxy) is 1. The van der Waals surface area contributed by atoms with E-state index in [1.165, 1.54) is 12.1 Å². The summed E-state index contributed by atoms with van der Waals surface area (Å²) in [4.78, 5) is 28.1. The predicted molar refractivity (Wildman–Crippen MR) is 108 cm³/mol. The zero-order valence-electron chi connectivity index (χ0n) is 16.0. The molecule has 0 aliphatic carbocycles. The van der Waals surface area contributed by atoms with Gasteiger partial charge in [0.25, 0.3) is 5.91 Å². The molecule has 5 nitrogen and oxygen atoms in total. The van der Waals surface area contributed by atoms with Crippen LogP contribution in [0.5, 0.6) is 0 Å². The van der Waals surface area contributed by atoms with Gasteiger partial charge in [0, 0.05) is 25.3 Å². The average Bonchev–Trinajstić information content (AvgIpc) is 2.97. The third-order valence-corrected chi connectivity index (χ3v) is 5.59. The number of methoxy groups -OCH3 is 1. The monoisotopic (exact) mass is 415 g/mol. The number of carbonyl (C=O) groups is 1. The van der Waals surface area contributed by atoms with Crippen molar-refractivity contribution in [2.75, 3.05) is 20.3 Å². The van der Waals surface area contributed by atoms with Crippen molar-refractivity contribution in [2.45, 2.75) is 19.4 Å². The summed E-state index contributed by atoms with van der Waals surface area (Å²) in [5, 5.41) is 0.766. The molecule has 150 valence electrons. The van der Waals surface area contributed by atoms with Gasteiger partial charge in [-0.2, -0.15) is 0 Å². The van der Waals surface area contributed by atoms with Crippen LogP contribution in [0.15, 0.2) is 45.6 Å². The first-order chi connectivity index (χ1) is 13.9. The predicted octanol–water partition coefficient (Wildman–Crippen LogP) is 4.48. The van der Waals surface area contributed by atoms with Crippen LogP contribution >= 0.6 is 11.6 Å². The van der Waals surface area contributed by atoms with Crippen LogP contribution < -0.4 is 5.43 Å². The second-order valence-corrected chi connectivity index (χ2v) is 7.48. The molecule has 0 fully saturated rings. The van der Waals surface area contributed by atoms with Gasteiger partial charge in [-0.05, 0) is 48.7 Å². The number of rotatable bonds is 5. The maximum Gasteiger partial charge on any atom is 0.290 e. The second kappa shape index (κ2) is 7.61. The highest BCUT2D eigenvalue weighted by molar-refractivity contribution is 6.32. The van der Waals surface area contributed by atoms with Gasteiger partial charge in [-0.15, -0.1) is 0 Å². The highest BCUT2D eigenvalue weighted by Gasteiger charge is 2.42. The standard InChI is InChI=1S/C22H19ClFNO4/c1-12-10-17-15(11-16(12)23)20(26)18-19(13-4-6-14(24)7-5-13)25(8-3-9-28-2)22(27)21(18)29-17/h4-7,10-11,19H,3,8-9H2,1-2H3. The minimum absolute atomic E-state index is 0.0240. The van der Waals surface area contributed by atoms with Crippen molar-refractivity contribution in [2.24, 2.45) is 0 Å². The van der Waals surface area contributed by atoms with Gasteiger partial charge >= 0.3 is 0 Å². The molecule has 0 saturated heterocycles. The van der Waals surface area contributed by atoms with Crippen molar-refractivity contribution in [3.63, 3.8) is 0 Å². The van der Waals surface area contributed by atoms with E-state index in [4.69, 9.17) is 20.8 Å². The maximum absolute atomic E-state index is 13.5. The highest BCUT2D eigenvalue weighted by Crippen LogP contribution is 2.38. The van der Waals surface area contributed by atoms with Gasteiger partial charge < -0.3 is 14.1 Å². The van der Waals surface area contributed by atoms with E-state index in [9.17, 15) is 14.0 Å². The minimum atomic E-state index is -0.657. The fourth-order valence-corrected chi connectivity index (χ4v) is 3.91. The Kier molecular flexibility index (Phi) is 5.15. The zero-order valence-corrected chi connectivity index (χ0v) is 16.8. The minimum Gasteiger partial charge on any atom is -0.450 e. The normalized spacial score (nSPS) is 15.9. The Labute approximate surface area is 171 Å². The summed E-state index contributed by atoms with van der Waals surface area (Å²) in [5.74, 6) is -0.731. The van der Waals surface area contributed by atoms with Gasteiger partial charge in [0.1, 0.15) is 11.4 Å². The number of nitrogens with zero attached hydrogens (tertiary/aromatic N) is 1. The molecule has 29 heavy (non-hydrogen) atoms. The number of amides is 1. The summed E-state index contributed by atoms with van der Waals surface area (Å²) in [7, 11) is 1.59. The van der Waals surface area contributed by atoms with Gasteiger partial charge in [0.15, 0.2) is 5.43 Å². The lowest BCUT2D eigenvalue weighted by Crippen LogP contribution is -2.31. The third-order valence-electron chi connectivity index (χ3n) is 5.18. The Morgan fingerprint density at radius 1 is 1.21 bits per heavy atom. The summed E-state index contributed by atoms with van der Waals surface area (Å²) in [6.45, 7) is 2.64. The highest BCUT2D eigenvalue weighted by atomic mass is 35.5. The van der Waals surface area contributed by atoms with E-state index in [2.05, 4.69) is 0 Å².